The molecular formula is C20H24N2O. The van der Waals surface area contributed by atoms with Gasteiger partial charge in [-0.1, -0.05) is 60.7 Å². The Balaban J connectivity index is 1.62. The number of nitrogens with zero attached hydrogens (tertiary/aromatic N) is 1. The molecule has 0 aliphatic carbocycles. The summed E-state index contributed by atoms with van der Waals surface area (Å²) in [5.74, 6) is 0.180. The third-order valence-electron chi connectivity index (χ3n) is 4.63. The first-order valence-corrected chi connectivity index (χ1v) is 8.38. The molecule has 1 amide bonds. The van der Waals surface area contributed by atoms with Crippen LogP contribution in [0.25, 0.3) is 0 Å². The van der Waals surface area contributed by atoms with Crippen molar-refractivity contribution in [2.45, 2.75) is 37.8 Å². The molecule has 2 N–H and O–H groups in total. The number of hydrogen-bond donors (Lipinski definition) is 1. The normalized spacial score (nSPS) is 18.8. The second kappa shape index (κ2) is 7.42. The lowest BCUT2D eigenvalue weighted by atomic mass is 10.0. The minimum absolute atomic E-state index is 0.180. The van der Waals surface area contributed by atoms with Gasteiger partial charge in [-0.3, -0.25) is 4.79 Å². The van der Waals surface area contributed by atoms with Crippen molar-refractivity contribution in [1.29, 1.82) is 0 Å². The predicted molar refractivity (Wildman–Crippen MR) is 92.9 cm³/mol. The molecule has 3 nitrogen and oxygen atoms in total. The molecule has 0 bridgehead atoms. The first-order valence-electron chi connectivity index (χ1n) is 8.38. The van der Waals surface area contributed by atoms with Crippen molar-refractivity contribution >= 4 is 5.91 Å². The number of nitrogens with two attached hydrogens (primary N) is 1. The fraction of sp³-hybridized carbons (Fsp3) is 0.350. The van der Waals surface area contributed by atoms with Crippen LogP contribution in [0.5, 0.6) is 0 Å². The third-order valence-corrected chi connectivity index (χ3v) is 4.63. The van der Waals surface area contributed by atoms with Gasteiger partial charge in [-0.05, 0) is 30.4 Å². The Morgan fingerprint density at radius 3 is 2.43 bits per heavy atom. The summed E-state index contributed by atoms with van der Waals surface area (Å²) in [4.78, 5) is 14.7. The standard InChI is InChI=1S/C20H24N2O/c21-19(17-10-5-2-6-11-17)15-20(23)22-13-7-12-18(22)14-16-8-3-1-4-9-16/h1-6,8-11,18-19H,7,12-15,21H2. The largest absolute Gasteiger partial charge is 0.339 e. The zero-order valence-corrected chi connectivity index (χ0v) is 13.4. The van der Waals surface area contributed by atoms with Crippen molar-refractivity contribution in [3.8, 4) is 0 Å². The van der Waals surface area contributed by atoms with Crippen LogP contribution in [0.4, 0.5) is 0 Å². The zero-order chi connectivity index (χ0) is 16.1. The predicted octanol–water partition coefficient (Wildman–Crippen LogP) is 3.31. The number of carbonyl (C=O) groups excluding carboxylic acids is 1. The highest BCUT2D eigenvalue weighted by molar-refractivity contribution is 5.77. The molecule has 1 aliphatic rings. The van der Waals surface area contributed by atoms with Gasteiger partial charge in [-0.15, -0.1) is 0 Å². The molecule has 3 heteroatoms. The number of likely N-dealkylation sites (tertiary alicyclic amines) is 1. The summed E-state index contributed by atoms with van der Waals surface area (Å²) in [5.41, 5.74) is 8.54. The van der Waals surface area contributed by atoms with Crippen LogP contribution in [-0.2, 0) is 11.2 Å². The van der Waals surface area contributed by atoms with Gasteiger partial charge in [0.1, 0.15) is 0 Å². The quantitative estimate of drug-likeness (QED) is 0.921. The van der Waals surface area contributed by atoms with E-state index in [2.05, 4.69) is 24.3 Å². The third kappa shape index (κ3) is 3.99. The Hall–Kier alpha value is -2.13. The fourth-order valence-corrected chi connectivity index (χ4v) is 3.39. The number of benzene rings is 2. The summed E-state index contributed by atoms with van der Waals surface area (Å²) < 4.78 is 0. The van der Waals surface area contributed by atoms with Gasteiger partial charge in [0.25, 0.3) is 0 Å². The molecule has 3 rings (SSSR count). The van der Waals surface area contributed by atoms with Crippen LogP contribution < -0.4 is 5.73 Å². The average molecular weight is 308 g/mol. The molecular weight excluding hydrogens is 284 g/mol. The van der Waals surface area contributed by atoms with E-state index in [1.807, 2.05) is 41.3 Å². The summed E-state index contributed by atoms with van der Waals surface area (Å²) in [6.45, 7) is 0.859. The summed E-state index contributed by atoms with van der Waals surface area (Å²) in [6.07, 6.45) is 3.49. The van der Waals surface area contributed by atoms with Crippen molar-refractivity contribution in [3.05, 3.63) is 71.8 Å². The smallest absolute Gasteiger partial charge is 0.224 e. The Bertz CT molecular complexity index is 627. The van der Waals surface area contributed by atoms with E-state index in [0.29, 0.717) is 12.5 Å². The molecule has 1 saturated heterocycles. The maximum Gasteiger partial charge on any atom is 0.224 e. The van der Waals surface area contributed by atoms with E-state index in [9.17, 15) is 4.79 Å². The van der Waals surface area contributed by atoms with Gasteiger partial charge in [0.15, 0.2) is 0 Å². The molecule has 2 aromatic carbocycles. The van der Waals surface area contributed by atoms with Gasteiger partial charge in [0.2, 0.25) is 5.91 Å². The molecule has 1 heterocycles. The first kappa shape index (κ1) is 15.8. The lowest BCUT2D eigenvalue weighted by Gasteiger charge is -2.26. The monoisotopic (exact) mass is 308 g/mol. The number of carbonyl (C=O) groups is 1. The molecule has 1 fully saturated rings. The lowest BCUT2D eigenvalue weighted by Crippen LogP contribution is -2.38. The second-order valence-electron chi connectivity index (χ2n) is 6.29. The van der Waals surface area contributed by atoms with Crippen LogP contribution in [0.15, 0.2) is 60.7 Å². The van der Waals surface area contributed by atoms with Crippen molar-refractivity contribution in [2.75, 3.05) is 6.54 Å². The number of hydrogen-bond acceptors (Lipinski definition) is 2. The molecule has 2 unspecified atom stereocenters. The molecule has 1 aliphatic heterocycles. The molecule has 0 saturated carbocycles. The van der Waals surface area contributed by atoms with E-state index in [4.69, 9.17) is 5.73 Å². The molecule has 2 atom stereocenters. The van der Waals surface area contributed by atoms with Gasteiger partial charge >= 0.3 is 0 Å². The van der Waals surface area contributed by atoms with Gasteiger partial charge in [-0.2, -0.15) is 0 Å². The Morgan fingerprint density at radius 1 is 1.09 bits per heavy atom. The minimum Gasteiger partial charge on any atom is -0.339 e. The van der Waals surface area contributed by atoms with Gasteiger partial charge in [-0.25, -0.2) is 0 Å². The highest BCUT2D eigenvalue weighted by atomic mass is 16.2. The summed E-state index contributed by atoms with van der Waals surface area (Å²) in [5, 5.41) is 0. The number of rotatable bonds is 5. The second-order valence-corrected chi connectivity index (χ2v) is 6.29. The van der Waals surface area contributed by atoms with E-state index in [1.165, 1.54) is 5.56 Å². The summed E-state index contributed by atoms with van der Waals surface area (Å²) in [7, 11) is 0. The maximum atomic E-state index is 12.7. The summed E-state index contributed by atoms with van der Waals surface area (Å²) in [6, 6.07) is 20.4. The molecule has 120 valence electrons. The average Bonchev–Trinajstić information content (AvgIpc) is 3.05. The maximum absolute atomic E-state index is 12.7. The van der Waals surface area contributed by atoms with Crippen molar-refractivity contribution in [1.82, 2.24) is 4.90 Å². The topological polar surface area (TPSA) is 46.3 Å². The van der Waals surface area contributed by atoms with E-state index < -0.39 is 0 Å². The van der Waals surface area contributed by atoms with Crippen LogP contribution in [0.2, 0.25) is 0 Å². The van der Waals surface area contributed by atoms with Gasteiger partial charge < -0.3 is 10.6 Å². The zero-order valence-electron chi connectivity index (χ0n) is 13.4. The van der Waals surface area contributed by atoms with Crippen LogP contribution in [0, 0.1) is 0 Å². The molecule has 0 spiro atoms. The SMILES string of the molecule is NC(CC(=O)N1CCCC1Cc1ccccc1)c1ccccc1. The molecule has 2 aromatic rings. The van der Waals surface area contributed by atoms with E-state index >= 15 is 0 Å². The fourth-order valence-electron chi connectivity index (χ4n) is 3.39. The van der Waals surface area contributed by atoms with Gasteiger partial charge in [0, 0.05) is 25.0 Å². The highest BCUT2D eigenvalue weighted by Gasteiger charge is 2.29. The minimum atomic E-state index is -0.221. The molecule has 23 heavy (non-hydrogen) atoms. The Kier molecular flexibility index (Phi) is 5.09. The van der Waals surface area contributed by atoms with E-state index in [0.717, 1.165) is 31.4 Å². The van der Waals surface area contributed by atoms with E-state index in [-0.39, 0.29) is 11.9 Å². The molecule has 0 radical (unpaired) electrons. The van der Waals surface area contributed by atoms with Crippen LogP contribution in [0.1, 0.15) is 36.4 Å². The first-order chi connectivity index (χ1) is 11.2. The van der Waals surface area contributed by atoms with Gasteiger partial charge in [0.05, 0.1) is 0 Å². The van der Waals surface area contributed by atoms with E-state index in [1.54, 1.807) is 0 Å². The van der Waals surface area contributed by atoms with Crippen LogP contribution in [-0.4, -0.2) is 23.4 Å². The van der Waals surface area contributed by atoms with Crippen LogP contribution in [0.3, 0.4) is 0 Å². The number of amides is 1. The molecule has 0 aromatic heterocycles. The highest BCUT2D eigenvalue weighted by Crippen LogP contribution is 2.24. The summed E-state index contributed by atoms with van der Waals surface area (Å²) >= 11 is 0. The van der Waals surface area contributed by atoms with Crippen molar-refractivity contribution in [3.63, 3.8) is 0 Å². The van der Waals surface area contributed by atoms with Crippen LogP contribution >= 0.6 is 0 Å². The van der Waals surface area contributed by atoms with Crippen molar-refractivity contribution in [2.24, 2.45) is 5.73 Å². The Morgan fingerprint density at radius 2 is 1.74 bits per heavy atom. The lowest BCUT2D eigenvalue weighted by molar-refractivity contribution is -0.132. The van der Waals surface area contributed by atoms with Crippen molar-refractivity contribution < 1.29 is 4.79 Å². The Labute approximate surface area is 138 Å².